The van der Waals surface area contributed by atoms with Crippen LogP contribution in [0.1, 0.15) is 24.1 Å². The summed E-state index contributed by atoms with van der Waals surface area (Å²) in [6, 6.07) is 6.75. The molecule has 0 bridgehead atoms. The standard InChI is InChI=1S/C13H14FNS/c1-8-5-6-16-13(8)12-7-10(14)3-4-11(12)9(2)15/h3-7,9H,15H2,1-2H3. The topological polar surface area (TPSA) is 26.0 Å². The molecule has 0 aliphatic heterocycles. The van der Waals surface area contributed by atoms with E-state index in [1.54, 1.807) is 23.5 Å². The van der Waals surface area contributed by atoms with Crippen molar-refractivity contribution in [2.75, 3.05) is 0 Å². The molecule has 2 rings (SSSR count). The van der Waals surface area contributed by atoms with E-state index in [0.717, 1.165) is 21.6 Å². The predicted molar refractivity (Wildman–Crippen MR) is 67.1 cm³/mol. The minimum atomic E-state index is -0.216. The van der Waals surface area contributed by atoms with Crippen LogP contribution in [0.3, 0.4) is 0 Å². The summed E-state index contributed by atoms with van der Waals surface area (Å²) in [6.45, 7) is 3.95. The van der Waals surface area contributed by atoms with Crippen LogP contribution in [0.25, 0.3) is 10.4 Å². The third-order valence-corrected chi connectivity index (χ3v) is 3.66. The minimum absolute atomic E-state index is 0.0860. The number of hydrogen-bond donors (Lipinski definition) is 1. The van der Waals surface area contributed by atoms with Crippen LogP contribution in [-0.2, 0) is 0 Å². The van der Waals surface area contributed by atoms with Gasteiger partial charge in [0.05, 0.1) is 0 Å². The summed E-state index contributed by atoms with van der Waals surface area (Å²) >= 11 is 1.62. The lowest BCUT2D eigenvalue weighted by atomic mass is 9.99. The molecular weight excluding hydrogens is 221 g/mol. The number of aryl methyl sites for hydroxylation is 1. The average Bonchev–Trinajstić information content (AvgIpc) is 2.63. The van der Waals surface area contributed by atoms with Crippen LogP contribution in [0.5, 0.6) is 0 Å². The Morgan fingerprint density at radius 3 is 2.62 bits per heavy atom. The monoisotopic (exact) mass is 235 g/mol. The fourth-order valence-electron chi connectivity index (χ4n) is 1.77. The largest absolute Gasteiger partial charge is 0.324 e. The third-order valence-electron chi connectivity index (χ3n) is 2.61. The zero-order valence-electron chi connectivity index (χ0n) is 9.33. The Kier molecular flexibility index (Phi) is 3.08. The van der Waals surface area contributed by atoms with E-state index in [1.165, 1.54) is 6.07 Å². The summed E-state index contributed by atoms with van der Waals surface area (Å²) in [5.41, 5.74) is 8.98. The van der Waals surface area contributed by atoms with Crippen molar-refractivity contribution >= 4 is 11.3 Å². The van der Waals surface area contributed by atoms with Gasteiger partial charge in [0, 0.05) is 10.9 Å². The lowest BCUT2D eigenvalue weighted by Gasteiger charge is -2.12. The van der Waals surface area contributed by atoms with E-state index in [-0.39, 0.29) is 11.9 Å². The normalized spacial score (nSPS) is 12.8. The lowest BCUT2D eigenvalue weighted by Crippen LogP contribution is -2.06. The van der Waals surface area contributed by atoms with Gasteiger partial charge in [-0.3, -0.25) is 0 Å². The van der Waals surface area contributed by atoms with Gasteiger partial charge in [-0.05, 0) is 54.1 Å². The minimum Gasteiger partial charge on any atom is -0.324 e. The van der Waals surface area contributed by atoms with E-state index < -0.39 is 0 Å². The van der Waals surface area contributed by atoms with Crippen molar-refractivity contribution in [3.63, 3.8) is 0 Å². The Balaban J connectivity index is 2.63. The first-order valence-corrected chi connectivity index (χ1v) is 6.07. The van der Waals surface area contributed by atoms with Crippen molar-refractivity contribution < 1.29 is 4.39 Å². The SMILES string of the molecule is Cc1ccsc1-c1cc(F)ccc1C(C)N. The molecule has 1 atom stereocenters. The summed E-state index contributed by atoms with van der Waals surface area (Å²) in [4.78, 5) is 1.10. The van der Waals surface area contributed by atoms with E-state index in [1.807, 2.05) is 25.3 Å². The highest BCUT2D eigenvalue weighted by atomic mass is 32.1. The summed E-state index contributed by atoms with van der Waals surface area (Å²) in [5.74, 6) is -0.216. The molecule has 0 saturated heterocycles. The Morgan fingerprint density at radius 2 is 2.06 bits per heavy atom. The molecule has 84 valence electrons. The molecule has 1 heterocycles. The molecule has 16 heavy (non-hydrogen) atoms. The van der Waals surface area contributed by atoms with Crippen LogP contribution in [0.15, 0.2) is 29.6 Å². The van der Waals surface area contributed by atoms with Crippen molar-refractivity contribution in [1.29, 1.82) is 0 Å². The maximum absolute atomic E-state index is 13.3. The molecule has 0 saturated carbocycles. The van der Waals surface area contributed by atoms with Crippen molar-refractivity contribution in [3.05, 3.63) is 46.6 Å². The molecule has 0 spiro atoms. The zero-order valence-corrected chi connectivity index (χ0v) is 10.1. The average molecular weight is 235 g/mol. The van der Waals surface area contributed by atoms with Gasteiger partial charge >= 0.3 is 0 Å². The molecule has 0 amide bonds. The van der Waals surface area contributed by atoms with Gasteiger partial charge in [-0.2, -0.15) is 0 Å². The van der Waals surface area contributed by atoms with Gasteiger partial charge in [0.2, 0.25) is 0 Å². The Morgan fingerprint density at radius 1 is 1.31 bits per heavy atom. The van der Waals surface area contributed by atoms with E-state index in [4.69, 9.17) is 5.73 Å². The first kappa shape index (κ1) is 11.3. The molecule has 1 aromatic carbocycles. The molecule has 3 heteroatoms. The maximum atomic E-state index is 13.3. The van der Waals surface area contributed by atoms with Gasteiger partial charge in [0.15, 0.2) is 0 Å². The van der Waals surface area contributed by atoms with Crippen molar-refractivity contribution in [1.82, 2.24) is 0 Å². The van der Waals surface area contributed by atoms with Crippen LogP contribution in [0.4, 0.5) is 4.39 Å². The fourth-order valence-corrected chi connectivity index (χ4v) is 2.74. The molecule has 2 aromatic rings. The maximum Gasteiger partial charge on any atom is 0.123 e. The highest BCUT2D eigenvalue weighted by Gasteiger charge is 2.12. The highest BCUT2D eigenvalue weighted by molar-refractivity contribution is 7.13. The summed E-state index contributed by atoms with van der Waals surface area (Å²) < 4.78 is 13.3. The highest BCUT2D eigenvalue weighted by Crippen LogP contribution is 2.34. The third kappa shape index (κ3) is 2.01. The Hall–Kier alpha value is -1.19. The number of rotatable bonds is 2. The van der Waals surface area contributed by atoms with Gasteiger partial charge in [-0.15, -0.1) is 11.3 Å². The predicted octanol–water partition coefficient (Wildman–Crippen LogP) is 3.88. The van der Waals surface area contributed by atoms with E-state index in [2.05, 4.69) is 0 Å². The van der Waals surface area contributed by atoms with Gasteiger partial charge < -0.3 is 5.73 Å². The molecule has 1 aromatic heterocycles. The first-order chi connectivity index (χ1) is 7.59. The van der Waals surface area contributed by atoms with Crippen LogP contribution in [-0.4, -0.2) is 0 Å². The number of thiophene rings is 1. The van der Waals surface area contributed by atoms with Crippen molar-refractivity contribution in [2.45, 2.75) is 19.9 Å². The Labute approximate surface area is 98.7 Å². The van der Waals surface area contributed by atoms with Gasteiger partial charge in [0.1, 0.15) is 5.82 Å². The van der Waals surface area contributed by atoms with Crippen molar-refractivity contribution in [3.8, 4) is 10.4 Å². The molecule has 1 unspecified atom stereocenters. The quantitative estimate of drug-likeness (QED) is 0.839. The second kappa shape index (κ2) is 4.36. The van der Waals surface area contributed by atoms with Crippen LogP contribution < -0.4 is 5.73 Å². The van der Waals surface area contributed by atoms with Crippen molar-refractivity contribution in [2.24, 2.45) is 5.73 Å². The lowest BCUT2D eigenvalue weighted by molar-refractivity contribution is 0.626. The summed E-state index contributed by atoms with van der Waals surface area (Å²) in [5, 5.41) is 2.01. The molecule has 0 fully saturated rings. The van der Waals surface area contributed by atoms with Gasteiger partial charge in [-0.25, -0.2) is 4.39 Å². The van der Waals surface area contributed by atoms with Crippen LogP contribution >= 0.6 is 11.3 Å². The molecule has 2 N–H and O–H groups in total. The van der Waals surface area contributed by atoms with E-state index in [9.17, 15) is 4.39 Å². The zero-order chi connectivity index (χ0) is 11.7. The second-order valence-corrected chi connectivity index (χ2v) is 4.87. The Bertz CT molecular complexity index is 502. The molecule has 1 nitrogen and oxygen atoms in total. The first-order valence-electron chi connectivity index (χ1n) is 5.19. The summed E-state index contributed by atoms with van der Waals surface area (Å²) in [7, 11) is 0. The van der Waals surface area contributed by atoms with E-state index >= 15 is 0 Å². The van der Waals surface area contributed by atoms with E-state index in [0.29, 0.717) is 0 Å². The molecule has 0 aliphatic carbocycles. The van der Waals surface area contributed by atoms with Gasteiger partial charge in [0.25, 0.3) is 0 Å². The summed E-state index contributed by atoms with van der Waals surface area (Å²) in [6.07, 6.45) is 0. The molecule has 0 radical (unpaired) electrons. The number of nitrogens with two attached hydrogens (primary N) is 1. The smallest absolute Gasteiger partial charge is 0.123 e. The molecular formula is C13H14FNS. The van der Waals surface area contributed by atoms with Crippen LogP contribution in [0.2, 0.25) is 0 Å². The van der Waals surface area contributed by atoms with Gasteiger partial charge in [-0.1, -0.05) is 6.07 Å². The number of hydrogen-bond acceptors (Lipinski definition) is 2. The number of halogens is 1. The molecule has 0 aliphatic rings. The van der Waals surface area contributed by atoms with Crippen LogP contribution in [0, 0.1) is 12.7 Å². The number of benzene rings is 1. The fraction of sp³-hybridized carbons (Fsp3) is 0.231. The second-order valence-electron chi connectivity index (χ2n) is 3.95.